The van der Waals surface area contributed by atoms with E-state index >= 15 is 0 Å². The first-order chi connectivity index (χ1) is 11.2. The minimum atomic E-state index is -0.229. The summed E-state index contributed by atoms with van der Waals surface area (Å²) in [5, 5.41) is 0. The SMILES string of the molecule is Nc1ncnc2ccc(-c3cc(F)cc(CCC4CC4)c3)nc12. The molecule has 1 aromatic carbocycles. The molecule has 1 aliphatic rings. The zero-order chi connectivity index (χ0) is 15.8. The lowest BCUT2D eigenvalue weighted by Gasteiger charge is -2.07. The van der Waals surface area contributed by atoms with Gasteiger partial charge in [0.05, 0.1) is 11.2 Å². The standard InChI is InChI=1S/C18H17FN4/c19-14-8-12(4-3-11-1-2-11)7-13(9-14)15-5-6-16-17(23-15)18(20)22-10-21-16/h5-11H,1-4H2,(H2,20,21,22). The Morgan fingerprint density at radius 3 is 2.83 bits per heavy atom. The van der Waals surface area contributed by atoms with Gasteiger partial charge in [0, 0.05) is 5.56 Å². The second kappa shape index (κ2) is 5.57. The Morgan fingerprint density at radius 1 is 1.13 bits per heavy atom. The maximum Gasteiger partial charge on any atom is 0.153 e. The van der Waals surface area contributed by atoms with E-state index in [1.807, 2.05) is 18.2 Å². The molecular formula is C18H17FN4. The number of anilines is 1. The van der Waals surface area contributed by atoms with Crippen LogP contribution in [0, 0.1) is 11.7 Å². The number of aromatic nitrogens is 3. The summed E-state index contributed by atoms with van der Waals surface area (Å²) in [5.74, 6) is 0.937. The van der Waals surface area contributed by atoms with Gasteiger partial charge in [-0.1, -0.05) is 12.8 Å². The third-order valence-corrected chi connectivity index (χ3v) is 4.30. The number of nitrogens with two attached hydrogens (primary N) is 1. The first-order valence-electron chi connectivity index (χ1n) is 7.86. The van der Waals surface area contributed by atoms with Crippen LogP contribution in [-0.2, 0) is 6.42 Å². The molecule has 23 heavy (non-hydrogen) atoms. The quantitative estimate of drug-likeness (QED) is 0.797. The van der Waals surface area contributed by atoms with E-state index in [-0.39, 0.29) is 5.82 Å². The first kappa shape index (κ1) is 14.1. The van der Waals surface area contributed by atoms with Crippen molar-refractivity contribution in [2.45, 2.75) is 25.7 Å². The van der Waals surface area contributed by atoms with Crippen molar-refractivity contribution in [1.82, 2.24) is 15.0 Å². The van der Waals surface area contributed by atoms with Gasteiger partial charge in [-0.2, -0.15) is 0 Å². The average molecular weight is 308 g/mol. The largest absolute Gasteiger partial charge is 0.382 e. The molecule has 0 saturated heterocycles. The molecule has 1 fully saturated rings. The molecule has 0 aliphatic heterocycles. The maximum atomic E-state index is 14.0. The van der Waals surface area contributed by atoms with Gasteiger partial charge in [-0.05, 0) is 54.7 Å². The van der Waals surface area contributed by atoms with E-state index in [2.05, 4.69) is 15.0 Å². The van der Waals surface area contributed by atoms with Gasteiger partial charge in [0.2, 0.25) is 0 Å². The second-order valence-corrected chi connectivity index (χ2v) is 6.15. The van der Waals surface area contributed by atoms with Crippen LogP contribution < -0.4 is 5.73 Å². The smallest absolute Gasteiger partial charge is 0.153 e. The number of rotatable bonds is 4. The molecule has 1 saturated carbocycles. The second-order valence-electron chi connectivity index (χ2n) is 6.15. The molecule has 4 rings (SSSR count). The molecule has 0 unspecified atom stereocenters. The fourth-order valence-corrected chi connectivity index (χ4v) is 2.84. The first-order valence-corrected chi connectivity index (χ1v) is 7.86. The molecule has 116 valence electrons. The van der Waals surface area contributed by atoms with Gasteiger partial charge >= 0.3 is 0 Å². The van der Waals surface area contributed by atoms with Crippen LogP contribution in [0.4, 0.5) is 10.2 Å². The maximum absolute atomic E-state index is 14.0. The molecule has 0 radical (unpaired) electrons. The monoisotopic (exact) mass is 308 g/mol. The molecule has 0 amide bonds. The molecule has 2 aromatic heterocycles. The molecule has 1 aliphatic carbocycles. The van der Waals surface area contributed by atoms with Crippen LogP contribution in [0.25, 0.3) is 22.3 Å². The Morgan fingerprint density at radius 2 is 2.00 bits per heavy atom. The fraction of sp³-hybridized carbons (Fsp3) is 0.278. The average Bonchev–Trinajstić information content (AvgIpc) is 3.37. The number of nitrogens with zero attached hydrogens (tertiary/aromatic N) is 3. The van der Waals surface area contributed by atoms with Crippen molar-refractivity contribution >= 4 is 16.9 Å². The van der Waals surface area contributed by atoms with E-state index in [1.54, 1.807) is 6.07 Å². The number of nitrogen functional groups attached to an aromatic ring is 1. The molecule has 2 heterocycles. The summed E-state index contributed by atoms with van der Waals surface area (Å²) in [4.78, 5) is 12.6. The van der Waals surface area contributed by atoms with Gasteiger partial charge in [-0.3, -0.25) is 0 Å². The zero-order valence-electron chi connectivity index (χ0n) is 12.7. The molecule has 0 atom stereocenters. The molecule has 0 bridgehead atoms. The molecule has 3 aromatic rings. The lowest BCUT2D eigenvalue weighted by Crippen LogP contribution is -1.97. The summed E-state index contributed by atoms with van der Waals surface area (Å²) in [5.41, 5.74) is 9.57. The summed E-state index contributed by atoms with van der Waals surface area (Å²) in [6, 6.07) is 8.82. The van der Waals surface area contributed by atoms with Crippen LogP contribution in [0.1, 0.15) is 24.8 Å². The number of aryl methyl sites for hydroxylation is 1. The number of hydrogen-bond donors (Lipinski definition) is 1. The number of hydrogen-bond acceptors (Lipinski definition) is 4. The highest BCUT2D eigenvalue weighted by molar-refractivity contribution is 5.85. The molecule has 4 nitrogen and oxygen atoms in total. The van der Waals surface area contributed by atoms with Crippen LogP contribution >= 0.6 is 0 Å². The topological polar surface area (TPSA) is 64.7 Å². The van der Waals surface area contributed by atoms with E-state index in [4.69, 9.17) is 5.73 Å². The molecule has 2 N–H and O–H groups in total. The molecule has 5 heteroatoms. The summed E-state index contributed by atoms with van der Waals surface area (Å²) < 4.78 is 14.0. The highest BCUT2D eigenvalue weighted by Crippen LogP contribution is 2.34. The Hall–Kier alpha value is -2.56. The van der Waals surface area contributed by atoms with E-state index in [1.165, 1.54) is 25.2 Å². The van der Waals surface area contributed by atoms with Crippen molar-refractivity contribution < 1.29 is 4.39 Å². The van der Waals surface area contributed by atoms with Gasteiger partial charge in [-0.15, -0.1) is 0 Å². The van der Waals surface area contributed by atoms with Crippen LogP contribution in [0.15, 0.2) is 36.7 Å². The minimum Gasteiger partial charge on any atom is -0.382 e. The van der Waals surface area contributed by atoms with Crippen molar-refractivity contribution in [3.8, 4) is 11.3 Å². The third-order valence-electron chi connectivity index (χ3n) is 4.30. The number of fused-ring (bicyclic) bond motifs is 1. The summed E-state index contributed by atoms with van der Waals surface area (Å²) >= 11 is 0. The van der Waals surface area contributed by atoms with Gasteiger partial charge in [0.15, 0.2) is 5.82 Å². The Balaban J connectivity index is 1.72. The lowest BCUT2D eigenvalue weighted by atomic mass is 10.0. The normalized spacial score (nSPS) is 14.3. The third kappa shape index (κ3) is 2.99. The lowest BCUT2D eigenvalue weighted by molar-refractivity contribution is 0.623. The van der Waals surface area contributed by atoms with Crippen LogP contribution in [0.3, 0.4) is 0 Å². The highest BCUT2D eigenvalue weighted by Gasteiger charge is 2.20. The highest BCUT2D eigenvalue weighted by atomic mass is 19.1. The van der Waals surface area contributed by atoms with Crippen LogP contribution in [0.5, 0.6) is 0 Å². The van der Waals surface area contributed by atoms with Crippen molar-refractivity contribution in [3.05, 3.63) is 48.0 Å². The van der Waals surface area contributed by atoms with Gasteiger partial charge in [0.1, 0.15) is 17.7 Å². The van der Waals surface area contributed by atoms with Gasteiger partial charge in [0.25, 0.3) is 0 Å². The Bertz CT molecular complexity index is 874. The predicted octanol–water partition coefficient (Wildman–Crippen LogP) is 3.76. The summed E-state index contributed by atoms with van der Waals surface area (Å²) in [6.45, 7) is 0. The van der Waals surface area contributed by atoms with Crippen molar-refractivity contribution in [1.29, 1.82) is 0 Å². The van der Waals surface area contributed by atoms with Crippen molar-refractivity contribution in [2.24, 2.45) is 5.92 Å². The van der Waals surface area contributed by atoms with Crippen LogP contribution in [0.2, 0.25) is 0 Å². The molecule has 0 spiro atoms. The van der Waals surface area contributed by atoms with E-state index < -0.39 is 0 Å². The zero-order valence-corrected chi connectivity index (χ0v) is 12.7. The predicted molar refractivity (Wildman–Crippen MR) is 88.2 cm³/mol. The summed E-state index contributed by atoms with van der Waals surface area (Å²) in [7, 11) is 0. The van der Waals surface area contributed by atoms with E-state index in [0.717, 1.165) is 29.9 Å². The minimum absolute atomic E-state index is 0.229. The Labute approximate surface area is 133 Å². The van der Waals surface area contributed by atoms with E-state index in [9.17, 15) is 4.39 Å². The van der Waals surface area contributed by atoms with E-state index in [0.29, 0.717) is 22.5 Å². The fourth-order valence-electron chi connectivity index (χ4n) is 2.84. The van der Waals surface area contributed by atoms with Gasteiger partial charge in [-0.25, -0.2) is 19.3 Å². The van der Waals surface area contributed by atoms with Crippen molar-refractivity contribution in [3.63, 3.8) is 0 Å². The van der Waals surface area contributed by atoms with Crippen molar-refractivity contribution in [2.75, 3.05) is 5.73 Å². The number of pyridine rings is 1. The van der Waals surface area contributed by atoms with Gasteiger partial charge < -0.3 is 5.73 Å². The molecular weight excluding hydrogens is 291 g/mol. The van der Waals surface area contributed by atoms with Crippen LogP contribution in [-0.4, -0.2) is 15.0 Å². The number of halogens is 1. The number of benzene rings is 1. The summed E-state index contributed by atoms with van der Waals surface area (Å²) in [6.07, 6.45) is 6.08. The Kier molecular flexibility index (Phi) is 3.41.